The summed E-state index contributed by atoms with van der Waals surface area (Å²) in [7, 11) is 0. The van der Waals surface area contributed by atoms with Crippen molar-refractivity contribution in [2.24, 2.45) is 5.92 Å². The number of fused-ring (bicyclic) bond motifs is 1. The maximum atomic E-state index is 13.1. The Labute approximate surface area is 222 Å². The second-order valence-electron chi connectivity index (χ2n) is 9.74. The summed E-state index contributed by atoms with van der Waals surface area (Å²) in [6.07, 6.45) is 4.14. The fourth-order valence-electron chi connectivity index (χ4n) is 4.79. The summed E-state index contributed by atoms with van der Waals surface area (Å²) in [5, 5.41) is 11.7. The van der Waals surface area contributed by atoms with Crippen LogP contribution < -0.4 is 11.1 Å². The molecule has 4 aromatic rings. The van der Waals surface area contributed by atoms with E-state index in [0.29, 0.717) is 41.1 Å². The number of nitrogens with one attached hydrogen (secondary N) is 1. The molecule has 1 aliphatic rings. The molecule has 0 aliphatic carbocycles. The van der Waals surface area contributed by atoms with E-state index < -0.39 is 11.9 Å². The van der Waals surface area contributed by atoms with Crippen LogP contribution in [0.2, 0.25) is 0 Å². The van der Waals surface area contributed by atoms with Gasteiger partial charge in [0.1, 0.15) is 5.69 Å². The number of aromatic nitrogens is 6. The zero-order valence-corrected chi connectivity index (χ0v) is 21.5. The van der Waals surface area contributed by atoms with Crippen molar-refractivity contribution in [2.45, 2.75) is 51.4 Å². The van der Waals surface area contributed by atoms with E-state index in [4.69, 9.17) is 10.5 Å². The SMILES string of the molecule is CC[C@H](C)NC(=O)c1cc(-c2cnn(C(c3ccc(C(F)(F)F)nc3)C3CCOCC3)c2)cn2nc(N)nc12. The molecule has 1 aliphatic heterocycles. The highest BCUT2D eigenvalue weighted by atomic mass is 19.4. The van der Waals surface area contributed by atoms with Crippen molar-refractivity contribution in [3.05, 3.63) is 59.8 Å². The van der Waals surface area contributed by atoms with Gasteiger partial charge >= 0.3 is 6.18 Å². The highest BCUT2D eigenvalue weighted by molar-refractivity contribution is 6.01. The number of alkyl halides is 3. The molecule has 0 radical (unpaired) electrons. The number of nitrogens with two attached hydrogens (primary N) is 1. The largest absolute Gasteiger partial charge is 0.433 e. The van der Waals surface area contributed by atoms with Gasteiger partial charge in [-0.15, -0.1) is 5.10 Å². The number of anilines is 1. The number of amides is 1. The van der Waals surface area contributed by atoms with Crippen molar-refractivity contribution < 1.29 is 22.7 Å². The number of ether oxygens (including phenoxy) is 1. The van der Waals surface area contributed by atoms with Crippen LogP contribution in [0.5, 0.6) is 0 Å². The van der Waals surface area contributed by atoms with E-state index in [1.165, 1.54) is 16.8 Å². The standard InChI is InChI=1S/C26H29F3N8O2/c1-3-15(2)33-24(38)20-10-18(13-37-23(20)34-25(30)35-37)19-12-32-36(14-19)22(16-6-8-39-9-7-16)17-4-5-21(31-11-17)26(27,28)29/h4-5,10-16,22H,3,6-9H2,1-2H3,(H2,30,35)(H,33,38)/t15-,22?/m0/s1. The maximum Gasteiger partial charge on any atom is 0.433 e. The summed E-state index contributed by atoms with van der Waals surface area (Å²) in [5.74, 6) is -0.179. The lowest BCUT2D eigenvalue weighted by atomic mass is 9.87. The Morgan fingerprint density at radius 3 is 2.64 bits per heavy atom. The number of hydrogen-bond donors (Lipinski definition) is 2. The van der Waals surface area contributed by atoms with Gasteiger partial charge in [0.2, 0.25) is 5.95 Å². The Balaban J connectivity index is 1.53. The van der Waals surface area contributed by atoms with Gasteiger partial charge in [-0.25, -0.2) is 4.52 Å². The molecule has 5 heterocycles. The predicted octanol–water partition coefficient (Wildman–Crippen LogP) is 4.13. The number of nitrogens with zero attached hydrogens (tertiary/aromatic N) is 6. The maximum absolute atomic E-state index is 13.1. The van der Waals surface area contributed by atoms with Crippen molar-refractivity contribution in [3.8, 4) is 11.1 Å². The number of hydrogen-bond acceptors (Lipinski definition) is 7. The molecular formula is C26H29F3N8O2. The van der Waals surface area contributed by atoms with Crippen LogP contribution in [0.25, 0.3) is 16.8 Å². The first-order valence-electron chi connectivity index (χ1n) is 12.8. The number of pyridine rings is 2. The zero-order valence-electron chi connectivity index (χ0n) is 21.5. The molecule has 0 aromatic carbocycles. The fraction of sp³-hybridized carbons (Fsp3) is 0.423. The molecule has 2 atom stereocenters. The Hall–Kier alpha value is -4.00. The van der Waals surface area contributed by atoms with Gasteiger partial charge in [-0.05, 0) is 49.8 Å². The minimum atomic E-state index is -4.52. The third kappa shape index (κ3) is 5.58. The van der Waals surface area contributed by atoms with Gasteiger partial charge in [0.05, 0.1) is 17.8 Å². The fourth-order valence-corrected chi connectivity index (χ4v) is 4.79. The lowest BCUT2D eigenvalue weighted by Crippen LogP contribution is -2.32. The van der Waals surface area contributed by atoms with Crippen molar-refractivity contribution in [3.63, 3.8) is 0 Å². The van der Waals surface area contributed by atoms with Crippen LogP contribution in [0.3, 0.4) is 0 Å². The molecule has 1 fully saturated rings. The van der Waals surface area contributed by atoms with Crippen LogP contribution >= 0.6 is 0 Å². The van der Waals surface area contributed by atoms with Crippen LogP contribution in [0, 0.1) is 5.92 Å². The average Bonchev–Trinajstić information content (AvgIpc) is 3.54. The molecule has 4 aromatic heterocycles. The van der Waals surface area contributed by atoms with Gasteiger partial charge < -0.3 is 15.8 Å². The Bertz CT molecular complexity index is 1460. The molecule has 0 saturated carbocycles. The van der Waals surface area contributed by atoms with Crippen molar-refractivity contribution in [2.75, 3.05) is 18.9 Å². The molecule has 5 rings (SSSR count). The second-order valence-corrected chi connectivity index (χ2v) is 9.74. The smallest absolute Gasteiger partial charge is 0.381 e. The first kappa shape index (κ1) is 26.6. The minimum Gasteiger partial charge on any atom is -0.381 e. The third-order valence-corrected chi connectivity index (χ3v) is 7.03. The van der Waals surface area contributed by atoms with Gasteiger partial charge in [0.25, 0.3) is 5.91 Å². The minimum absolute atomic E-state index is 0.0369. The molecule has 13 heteroatoms. The van der Waals surface area contributed by atoms with Crippen LogP contribution in [0.15, 0.2) is 43.0 Å². The molecule has 1 amide bonds. The summed E-state index contributed by atoms with van der Waals surface area (Å²) < 4.78 is 48.1. The van der Waals surface area contributed by atoms with Crippen LogP contribution in [0.4, 0.5) is 19.1 Å². The molecule has 0 spiro atoms. The number of rotatable bonds is 7. The molecular weight excluding hydrogens is 513 g/mol. The topological polar surface area (TPSA) is 125 Å². The van der Waals surface area contributed by atoms with Crippen LogP contribution in [-0.2, 0) is 10.9 Å². The Kier molecular flexibility index (Phi) is 7.25. The molecule has 1 unspecified atom stereocenters. The van der Waals surface area contributed by atoms with E-state index in [0.717, 1.165) is 25.3 Å². The number of nitrogen functional groups attached to an aromatic ring is 1. The van der Waals surface area contributed by atoms with Gasteiger partial charge in [-0.1, -0.05) is 13.0 Å². The summed E-state index contributed by atoms with van der Waals surface area (Å²) in [4.78, 5) is 21.0. The zero-order chi connectivity index (χ0) is 27.7. The van der Waals surface area contributed by atoms with Gasteiger partial charge in [0.15, 0.2) is 5.65 Å². The molecule has 206 valence electrons. The summed E-state index contributed by atoms with van der Waals surface area (Å²) in [6, 6.07) is 3.78. The highest BCUT2D eigenvalue weighted by Crippen LogP contribution is 2.36. The van der Waals surface area contributed by atoms with Gasteiger partial charge in [-0.2, -0.15) is 23.3 Å². The normalized spacial score (nSPS) is 16.3. The first-order chi connectivity index (χ1) is 18.6. The van der Waals surface area contributed by atoms with E-state index >= 15 is 0 Å². The van der Waals surface area contributed by atoms with Crippen LogP contribution in [-0.4, -0.2) is 54.5 Å². The summed E-state index contributed by atoms with van der Waals surface area (Å²) in [6.45, 7) is 5.00. The van der Waals surface area contributed by atoms with Gasteiger partial charge in [0, 0.05) is 49.0 Å². The van der Waals surface area contributed by atoms with E-state index in [-0.39, 0.29) is 29.9 Å². The number of halogens is 3. The average molecular weight is 543 g/mol. The second kappa shape index (κ2) is 10.6. The van der Waals surface area contributed by atoms with E-state index in [2.05, 4.69) is 25.5 Å². The van der Waals surface area contributed by atoms with Crippen molar-refractivity contribution in [1.29, 1.82) is 0 Å². The quantitative estimate of drug-likeness (QED) is 0.360. The highest BCUT2D eigenvalue weighted by Gasteiger charge is 2.34. The van der Waals surface area contributed by atoms with Crippen LogP contribution in [0.1, 0.15) is 60.8 Å². The summed E-state index contributed by atoms with van der Waals surface area (Å²) in [5.41, 5.74) is 7.51. The molecule has 1 saturated heterocycles. The number of carbonyl (C=O) groups is 1. The van der Waals surface area contributed by atoms with E-state index in [1.54, 1.807) is 23.1 Å². The Morgan fingerprint density at radius 2 is 1.97 bits per heavy atom. The molecule has 3 N–H and O–H groups in total. The summed E-state index contributed by atoms with van der Waals surface area (Å²) >= 11 is 0. The lowest BCUT2D eigenvalue weighted by molar-refractivity contribution is -0.141. The van der Waals surface area contributed by atoms with E-state index in [1.807, 2.05) is 20.0 Å². The molecule has 39 heavy (non-hydrogen) atoms. The lowest BCUT2D eigenvalue weighted by Gasteiger charge is -2.30. The van der Waals surface area contributed by atoms with Crippen molar-refractivity contribution in [1.82, 2.24) is 34.7 Å². The monoisotopic (exact) mass is 542 g/mol. The third-order valence-electron chi connectivity index (χ3n) is 7.03. The van der Waals surface area contributed by atoms with Gasteiger partial charge in [-0.3, -0.25) is 14.5 Å². The van der Waals surface area contributed by atoms with Crippen molar-refractivity contribution >= 4 is 17.5 Å². The Morgan fingerprint density at radius 1 is 1.21 bits per heavy atom. The molecule has 0 bridgehead atoms. The number of carbonyl (C=O) groups excluding carboxylic acids is 1. The predicted molar refractivity (Wildman–Crippen MR) is 137 cm³/mol. The van der Waals surface area contributed by atoms with E-state index in [9.17, 15) is 18.0 Å². The first-order valence-corrected chi connectivity index (χ1v) is 12.8. The molecule has 10 nitrogen and oxygen atoms in total.